The Kier molecular flexibility index (Phi) is 6.56. The summed E-state index contributed by atoms with van der Waals surface area (Å²) < 4.78 is 12.4. The van der Waals surface area contributed by atoms with Crippen molar-refractivity contribution < 1.29 is 14.3 Å². The standard InChI is InChI=1S/C18H23N3O4/c1-4-24-15-8-7-14(11-16(15)25-5-2)13(3)20-17(22)12-21-10-6-9-19-18(21)23/h6-11,13H,4-5,12H2,1-3H3,(H,20,22)/t13-/m1/s1. The zero-order valence-corrected chi connectivity index (χ0v) is 14.7. The minimum atomic E-state index is -0.454. The summed E-state index contributed by atoms with van der Waals surface area (Å²) in [5.74, 6) is 1.05. The van der Waals surface area contributed by atoms with E-state index in [9.17, 15) is 9.59 Å². The van der Waals surface area contributed by atoms with Crippen LogP contribution >= 0.6 is 0 Å². The number of benzene rings is 1. The van der Waals surface area contributed by atoms with E-state index in [1.54, 1.807) is 6.07 Å². The number of nitrogens with zero attached hydrogens (tertiary/aromatic N) is 2. The molecule has 0 spiro atoms. The molecule has 2 aromatic rings. The molecule has 0 saturated carbocycles. The summed E-state index contributed by atoms with van der Waals surface area (Å²) in [5.41, 5.74) is 0.434. The zero-order valence-electron chi connectivity index (χ0n) is 14.7. The molecule has 0 bridgehead atoms. The smallest absolute Gasteiger partial charge is 0.347 e. The highest BCUT2D eigenvalue weighted by Gasteiger charge is 2.14. The summed E-state index contributed by atoms with van der Waals surface area (Å²) in [4.78, 5) is 27.4. The van der Waals surface area contributed by atoms with Crippen molar-refractivity contribution in [3.63, 3.8) is 0 Å². The molecule has 0 fully saturated rings. The van der Waals surface area contributed by atoms with Crippen LogP contribution in [0.4, 0.5) is 0 Å². The van der Waals surface area contributed by atoms with Gasteiger partial charge >= 0.3 is 5.69 Å². The maximum atomic E-state index is 12.2. The fourth-order valence-electron chi connectivity index (χ4n) is 2.37. The molecule has 1 aromatic carbocycles. The molecule has 1 heterocycles. The van der Waals surface area contributed by atoms with E-state index >= 15 is 0 Å². The number of hydrogen-bond acceptors (Lipinski definition) is 5. The Balaban J connectivity index is 2.08. The summed E-state index contributed by atoms with van der Waals surface area (Å²) >= 11 is 0. The lowest BCUT2D eigenvalue weighted by Crippen LogP contribution is -2.34. The maximum absolute atomic E-state index is 12.2. The van der Waals surface area contributed by atoms with Crippen molar-refractivity contribution in [2.45, 2.75) is 33.4 Å². The first kappa shape index (κ1) is 18.5. The molecular formula is C18H23N3O4. The van der Waals surface area contributed by atoms with Crippen molar-refractivity contribution in [2.75, 3.05) is 13.2 Å². The molecule has 1 aromatic heterocycles. The van der Waals surface area contributed by atoms with E-state index in [1.165, 1.54) is 17.0 Å². The molecular weight excluding hydrogens is 322 g/mol. The third kappa shape index (κ3) is 5.07. The van der Waals surface area contributed by atoms with Gasteiger partial charge in [0, 0.05) is 12.4 Å². The first-order valence-electron chi connectivity index (χ1n) is 8.25. The van der Waals surface area contributed by atoms with Crippen LogP contribution in [-0.4, -0.2) is 28.7 Å². The summed E-state index contributed by atoms with van der Waals surface area (Å²) in [6.07, 6.45) is 2.93. The molecule has 25 heavy (non-hydrogen) atoms. The first-order chi connectivity index (χ1) is 12.0. The van der Waals surface area contributed by atoms with Gasteiger partial charge in [0.1, 0.15) is 6.54 Å². The zero-order chi connectivity index (χ0) is 18.2. The highest BCUT2D eigenvalue weighted by molar-refractivity contribution is 5.76. The molecule has 0 aliphatic rings. The van der Waals surface area contributed by atoms with Crippen LogP contribution in [0, 0.1) is 0 Å². The Labute approximate surface area is 146 Å². The summed E-state index contributed by atoms with van der Waals surface area (Å²) in [5, 5.41) is 2.87. The Hall–Kier alpha value is -2.83. The number of carbonyl (C=O) groups is 1. The van der Waals surface area contributed by atoms with Crippen LogP contribution in [0.15, 0.2) is 41.5 Å². The normalized spacial score (nSPS) is 11.6. The van der Waals surface area contributed by atoms with Crippen LogP contribution in [0.25, 0.3) is 0 Å². The molecule has 0 unspecified atom stereocenters. The van der Waals surface area contributed by atoms with Crippen molar-refractivity contribution in [2.24, 2.45) is 0 Å². The number of ether oxygens (including phenoxy) is 2. The predicted octanol–water partition coefficient (Wildman–Crippen LogP) is 1.92. The second-order valence-corrected chi connectivity index (χ2v) is 5.39. The minimum absolute atomic E-state index is 0.0770. The van der Waals surface area contributed by atoms with E-state index in [-0.39, 0.29) is 18.5 Å². The quantitative estimate of drug-likeness (QED) is 0.790. The number of rotatable bonds is 8. The largest absolute Gasteiger partial charge is 0.490 e. The Morgan fingerprint density at radius 2 is 1.96 bits per heavy atom. The third-order valence-electron chi connectivity index (χ3n) is 3.54. The third-order valence-corrected chi connectivity index (χ3v) is 3.54. The molecule has 1 N–H and O–H groups in total. The van der Waals surface area contributed by atoms with Gasteiger partial charge in [-0.2, -0.15) is 0 Å². The number of hydrogen-bond donors (Lipinski definition) is 1. The molecule has 1 atom stereocenters. The summed E-state index contributed by atoms with van der Waals surface area (Å²) in [7, 11) is 0. The maximum Gasteiger partial charge on any atom is 0.347 e. The summed E-state index contributed by atoms with van der Waals surface area (Å²) in [6, 6.07) is 6.94. The van der Waals surface area contributed by atoms with Gasteiger partial charge in [-0.15, -0.1) is 0 Å². The van der Waals surface area contributed by atoms with Crippen molar-refractivity contribution in [3.8, 4) is 11.5 Å². The molecule has 0 aliphatic heterocycles. The molecule has 0 aliphatic carbocycles. The first-order valence-corrected chi connectivity index (χ1v) is 8.25. The van der Waals surface area contributed by atoms with Crippen molar-refractivity contribution in [1.29, 1.82) is 0 Å². The highest BCUT2D eigenvalue weighted by atomic mass is 16.5. The van der Waals surface area contributed by atoms with Crippen molar-refractivity contribution in [3.05, 3.63) is 52.7 Å². The van der Waals surface area contributed by atoms with Gasteiger partial charge < -0.3 is 14.8 Å². The van der Waals surface area contributed by atoms with E-state index in [2.05, 4.69) is 10.3 Å². The SMILES string of the molecule is CCOc1ccc([C@@H](C)NC(=O)Cn2cccnc2=O)cc1OCC. The van der Waals surface area contributed by atoms with E-state index in [4.69, 9.17) is 9.47 Å². The van der Waals surface area contributed by atoms with Gasteiger partial charge in [-0.3, -0.25) is 9.36 Å². The fourth-order valence-corrected chi connectivity index (χ4v) is 2.37. The number of amides is 1. The molecule has 0 radical (unpaired) electrons. The van der Waals surface area contributed by atoms with Gasteiger partial charge in [-0.1, -0.05) is 6.07 Å². The van der Waals surface area contributed by atoms with Gasteiger partial charge in [0.25, 0.3) is 0 Å². The molecule has 0 saturated heterocycles. The second-order valence-electron chi connectivity index (χ2n) is 5.39. The van der Waals surface area contributed by atoms with Gasteiger partial charge in [0.05, 0.1) is 19.3 Å². The number of nitrogens with one attached hydrogen (secondary N) is 1. The summed E-state index contributed by atoms with van der Waals surface area (Å²) in [6.45, 7) is 6.67. The monoisotopic (exact) mass is 345 g/mol. The second kappa shape index (κ2) is 8.86. The minimum Gasteiger partial charge on any atom is -0.490 e. The predicted molar refractivity (Wildman–Crippen MR) is 93.8 cm³/mol. The Bertz CT molecular complexity index is 773. The average molecular weight is 345 g/mol. The highest BCUT2D eigenvalue weighted by Crippen LogP contribution is 2.30. The number of carbonyl (C=O) groups excluding carboxylic acids is 1. The van der Waals surface area contributed by atoms with Crippen molar-refractivity contribution >= 4 is 5.91 Å². The van der Waals surface area contributed by atoms with Crippen molar-refractivity contribution in [1.82, 2.24) is 14.9 Å². The topological polar surface area (TPSA) is 82.5 Å². The van der Waals surface area contributed by atoms with Crippen LogP contribution in [0.3, 0.4) is 0 Å². The van der Waals surface area contributed by atoms with Crippen LogP contribution in [0.2, 0.25) is 0 Å². The Morgan fingerprint density at radius 3 is 2.64 bits per heavy atom. The van der Waals surface area contributed by atoms with Gasteiger partial charge in [-0.05, 0) is 44.5 Å². The van der Waals surface area contributed by atoms with Crippen LogP contribution in [0.1, 0.15) is 32.4 Å². The average Bonchev–Trinajstić information content (AvgIpc) is 2.59. The van der Waals surface area contributed by atoms with Gasteiger partial charge in [0.2, 0.25) is 5.91 Å². The van der Waals surface area contributed by atoms with Crippen LogP contribution in [0.5, 0.6) is 11.5 Å². The van der Waals surface area contributed by atoms with E-state index < -0.39 is 5.69 Å². The fraction of sp³-hybridized carbons (Fsp3) is 0.389. The molecule has 1 amide bonds. The lowest BCUT2D eigenvalue weighted by Gasteiger charge is -2.17. The Morgan fingerprint density at radius 1 is 1.24 bits per heavy atom. The van der Waals surface area contributed by atoms with Gasteiger partial charge in [0.15, 0.2) is 11.5 Å². The lowest BCUT2D eigenvalue weighted by molar-refractivity contribution is -0.122. The molecule has 134 valence electrons. The van der Waals surface area contributed by atoms with E-state index in [0.29, 0.717) is 24.7 Å². The van der Waals surface area contributed by atoms with E-state index in [0.717, 1.165) is 5.56 Å². The lowest BCUT2D eigenvalue weighted by atomic mass is 10.1. The van der Waals surface area contributed by atoms with E-state index in [1.807, 2.05) is 39.0 Å². The van der Waals surface area contributed by atoms with Crippen LogP contribution < -0.4 is 20.5 Å². The van der Waals surface area contributed by atoms with Gasteiger partial charge in [-0.25, -0.2) is 9.78 Å². The molecule has 7 nitrogen and oxygen atoms in total. The number of aromatic nitrogens is 2. The molecule has 7 heteroatoms. The van der Waals surface area contributed by atoms with Crippen LogP contribution in [-0.2, 0) is 11.3 Å². The molecule has 2 rings (SSSR count).